The maximum Gasteiger partial charge on any atom is 0.242 e. The molecule has 0 unspecified atom stereocenters. The quantitative estimate of drug-likeness (QED) is 0.784. The van der Waals surface area contributed by atoms with Gasteiger partial charge < -0.3 is 9.88 Å². The van der Waals surface area contributed by atoms with E-state index in [1.54, 1.807) is 19.2 Å². The van der Waals surface area contributed by atoms with Crippen molar-refractivity contribution in [1.82, 2.24) is 14.6 Å². The molecule has 0 saturated heterocycles. The van der Waals surface area contributed by atoms with Crippen molar-refractivity contribution in [3.05, 3.63) is 18.0 Å². The van der Waals surface area contributed by atoms with E-state index in [0.29, 0.717) is 24.0 Å². The second-order valence-corrected chi connectivity index (χ2v) is 6.35. The number of hydrogen-bond donors (Lipinski definition) is 2. The molecule has 1 aliphatic rings. The van der Waals surface area contributed by atoms with Crippen LogP contribution in [0, 0.1) is 0 Å². The molecular formula is C12H21N3O2S. The molecule has 0 aliphatic heterocycles. The van der Waals surface area contributed by atoms with Crippen molar-refractivity contribution < 1.29 is 8.42 Å². The molecule has 1 heterocycles. The molecule has 1 aromatic heterocycles. The summed E-state index contributed by atoms with van der Waals surface area (Å²) in [6.07, 6.45) is 4.06. The Morgan fingerprint density at radius 1 is 1.33 bits per heavy atom. The van der Waals surface area contributed by atoms with Gasteiger partial charge in [-0.15, -0.1) is 0 Å². The van der Waals surface area contributed by atoms with E-state index in [-0.39, 0.29) is 0 Å². The molecule has 102 valence electrons. The van der Waals surface area contributed by atoms with Gasteiger partial charge in [-0.2, -0.15) is 0 Å². The van der Waals surface area contributed by atoms with Gasteiger partial charge in [-0.25, -0.2) is 13.1 Å². The first-order valence-corrected chi connectivity index (χ1v) is 7.98. The lowest BCUT2D eigenvalue weighted by molar-refractivity contribution is 0.583. The molecule has 1 aromatic rings. The summed E-state index contributed by atoms with van der Waals surface area (Å²) < 4.78 is 28.6. The van der Waals surface area contributed by atoms with Crippen molar-refractivity contribution in [2.45, 2.75) is 44.2 Å². The van der Waals surface area contributed by atoms with Crippen LogP contribution >= 0.6 is 0 Å². The van der Waals surface area contributed by atoms with Gasteiger partial charge in [0.2, 0.25) is 10.0 Å². The lowest BCUT2D eigenvalue weighted by Crippen LogP contribution is -2.22. The minimum absolute atomic E-state index is 0.379. The Bertz CT molecular complexity index is 503. The Hall–Kier alpha value is -0.850. The third-order valence-electron chi connectivity index (χ3n) is 3.05. The van der Waals surface area contributed by atoms with Crippen molar-refractivity contribution in [2.24, 2.45) is 0 Å². The third-order valence-corrected chi connectivity index (χ3v) is 4.56. The van der Waals surface area contributed by atoms with Crippen LogP contribution in [0.5, 0.6) is 0 Å². The summed E-state index contributed by atoms with van der Waals surface area (Å²) in [5.41, 5.74) is 1.05. The summed E-state index contributed by atoms with van der Waals surface area (Å²) in [6, 6.07) is 2.27. The number of hydrogen-bond acceptors (Lipinski definition) is 3. The molecule has 6 heteroatoms. The molecule has 0 atom stereocenters. The summed E-state index contributed by atoms with van der Waals surface area (Å²) in [5.74, 6) is 0. The number of nitrogens with zero attached hydrogens (tertiary/aromatic N) is 1. The summed E-state index contributed by atoms with van der Waals surface area (Å²) in [7, 11) is -3.34. The van der Waals surface area contributed by atoms with Gasteiger partial charge in [-0.3, -0.25) is 0 Å². The number of rotatable bonds is 7. The lowest BCUT2D eigenvalue weighted by Gasteiger charge is -2.07. The molecule has 1 fully saturated rings. The van der Waals surface area contributed by atoms with E-state index in [1.807, 2.05) is 6.92 Å². The third kappa shape index (κ3) is 2.93. The van der Waals surface area contributed by atoms with Gasteiger partial charge in [-0.05, 0) is 25.5 Å². The van der Waals surface area contributed by atoms with Gasteiger partial charge in [-0.1, -0.05) is 13.8 Å². The molecular weight excluding hydrogens is 250 g/mol. The summed E-state index contributed by atoms with van der Waals surface area (Å²) in [4.78, 5) is 0.379. The molecule has 18 heavy (non-hydrogen) atoms. The highest BCUT2D eigenvalue weighted by Gasteiger charge is 2.27. The van der Waals surface area contributed by atoms with Crippen LogP contribution in [0.4, 0.5) is 0 Å². The highest BCUT2D eigenvalue weighted by Crippen LogP contribution is 2.37. The highest BCUT2D eigenvalue weighted by molar-refractivity contribution is 7.89. The van der Waals surface area contributed by atoms with Gasteiger partial charge in [0, 0.05) is 31.0 Å². The van der Waals surface area contributed by atoms with Crippen LogP contribution in [-0.2, 0) is 16.6 Å². The van der Waals surface area contributed by atoms with E-state index in [0.717, 1.165) is 25.1 Å². The van der Waals surface area contributed by atoms with Crippen LogP contribution in [0.2, 0.25) is 0 Å². The zero-order valence-corrected chi connectivity index (χ0v) is 11.8. The standard InChI is InChI=1S/C12H21N3O2S/c1-3-13-8-11-7-12(18(16,17)14-4-2)9-15(11)10-5-6-10/h7,9-10,13-14H,3-6,8H2,1-2H3. The molecule has 0 aromatic carbocycles. The zero-order valence-electron chi connectivity index (χ0n) is 10.9. The minimum atomic E-state index is -3.34. The van der Waals surface area contributed by atoms with Crippen molar-refractivity contribution in [3.8, 4) is 0 Å². The van der Waals surface area contributed by atoms with Gasteiger partial charge >= 0.3 is 0 Å². The van der Waals surface area contributed by atoms with Crippen LogP contribution in [0.15, 0.2) is 17.2 Å². The number of sulfonamides is 1. The van der Waals surface area contributed by atoms with Gasteiger partial charge in [0.15, 0.2) is 0 Å². The van der Waals surface area contributed by atoms with Crippen molar-refractivity contribution in [3.63, 3.8) is 0 Å². The first kappa shape index (κ1) is 13.6. The molecule has 0 bridgehead atoms. The van der Waals surface area contributed by atoms with Crippen LogP contribution in [0.1, 0.15) is 38.4 Å². The Morgan fingerprint density at radius 2 is 2.06 bits per heavy atom. The van der Waals surface area contributed by atoms with E-state index in [1.165, 1.54) is 0 Å². The van der Waals surface area contributed by atoms with E-state index in [9.17, 15) is 8.42 Å². The van der Waals surface area contributed by atoms with E-state index in [4.69, 9.17) is 0 Å². The second-order valence-electron chi connectivity index (χ2n) is 4.59. The monoisotopic (exact) mass is 271 g/mol. The van der Waals surface area contributed by atoms with E-state index in [2.05, 4.69) is 14.6 Å². The molecule has 2 N–H and O–H groups in total. The number of aromatic nitrogens is 1. The fourth-order valence-corrected chi connectivity index (χ4v) is 3.09. The maximum absolute atomic E-state index is 12.0. The molecule has 0 amide bonds. The summed E-state index contributed by atoms with van der Waals surface area (Å²) in [6.45, 7) is 5.84. The largest absolute Gasteiger partial charge is 0.346 e. The average molecular weight is 271 g/mol. The molecule has 1 saturated carbocycles. The average Bonchev–Trinajstić information content (AvgIpc) is 3.06. The molecule has 2 rings (SSSR count). The summed E-state index contributed by atoms with van der Waals surface area (Å²) in [5, 5.41) is 3.25. The second kappa shape index (κ2) is 5.42. The highest BCUT2D eigenvalue weighted by atomic mass is 32.2. The van der Waals surface area contributed by atoms with Crippen molar-refractivity contribution in [2.75, 3.05) is 13.1 Å². The fourth-order valence-electron chi connectivity index (χ4n) is 2.00. The SMILES string of the molecule is CCNCc1cc(S(=O)(=O)NCC)cn1C1CC1. The smallest absolute Gasteiger partial charge is 0.242 e. The first-order valence-electron chi connectivity index (χ1n) is 6.49. The molecule has 5 nitrogen and oxygen atoms in total. The van der Waals surface area contributed by atoms with Gasteiger partial charge in [0.25, 0.3) is 0 Å². The van der Waals surface area contributed by atoms with Crippen molar-refractivity contribution in [1.29, 1.82) is 0 Å². The van der Waals surface area contributed by atoms with E-state index < -0.39 is 10.0 Å². The fraction of sp³-hybridized carbons (Fsp3) is 0.667. The molecule has 0 spiro atoms. The Balaban J connectivity index is 2.27. The lowest BCUT2D eigenvalue weighted by atomic mass is 10.4. The van der Waals surface area contributed by atoms with Crippen LogP contribution in [-0.4, -0.2) is 26.1 Å². The zero-order chi connectivity index (χ0) is 13.2. The topological polar surface area (TPSA) is 63.1 Å². The van der Waals surface area contributed by atoms with Crippen molar-refractivity contribution >= 4 is 10.0 Å². The van der Waals surface area contributed by atoms with Gasteiger partial charge in [0.05, 0.1) is 4.90 Å². The first-order chi connectivity index (χ1) is 8.58. The normalized spacial score (nSPS) is 16.1. The maximum atomic E-state index is 12.0. The van der Waals surface area contributed by atoms with E-state index >= 15 is 0 Å². The molecule has 1 aliphatic carbocycles. The molecule has 0 radical (unpaired) electrons. The Labute approximate surface area is 109 Å². The predicted molar refractivity (Wildman–Crippen MR) is 70.9 cm³/mol. The van der Waals surface area contributed by atoms with Crippen LogP contribution in [0.3, 0.4) is 0 Å². The predicted octanol–water partition coefficient (Wildman–Crippen LogP) is 1.23. The van der Waals surface area contributed by atoms with Crippen LogP contribution < -0.4 is 10.0 Å². The van der Waals surface area contributed by atoms with Crippen LogP contribution in [0.25, 0.3) is 0 Å². The summed E-state index contributed by atoms with van der Waals surface area (Å²) >= 11 is 0. The Morgan fingerprint density at radius 3 is 2.61 bits per heavy atom. The Kier molecular flexibility index (Phi) is 4.09. The van der Waals surface area contributed by atoms with Gasteiger partial charge in [0.1, 0.15) is 0 Å². The minimum Gasteiger partial charge on any atom is -0.346 e. The number of nitrogens with one attached hydrogen (secondary N) is 2.